The Morgan fingerprint density at radius 3 is 2.60 bits per heavy atom. The highest BCUT2D eigenvalue weighted by molar-refractivity contribution is 6.12. The van der Waals surface area contributed by atoms with Crippen LogP contribution in [0.1, 0.15) is 27.2 Å². The number of aromatic nitrogens is 3. The number of hydrogen-bond acceptors (Lipinski definition) is 7. The fraction of sp³-hybridized carbons (Fsp3) is 0.238. The van der Waals surface area contributed by atoms with Gasteiger partial charge in [0.2, 0.25) is 0 Å². The molecular formula is C21H22N6O3. The molecule has 0 aliphatic carbocycles. The Labute approximate surface area is 173 Å². The lowest BCUT2D eigenvalue weighted by Gasteiger charge is -2.26. The van der Waals surface area contributed by atoms with Gasteiger partial charge in [-0.15, -0.1) is 5.10 Å². The molecule has 154 valence electrons. The van der Waals surface area contributed by atoms with Crippen molar-refractivity contribution in [1.29, 1.82) is 5.41 Å². The van der Waals surface area contributed by atoms with Crippen molar-refractivity contribution in [3.8, 4) is 5.69 Å². The maximum Gasteiger partial charge on any atom is 0.254 e. The highest BCUT2D eigenvalue weighted by Gasteiger charge is 2.19. The Kier molecular flexibility index (Phi) is 5.55. The van der Waals surface area contributed by atoms with E-state index >= 15 is 0 Å². The summed E-state index contributed by atoms with van der Waals surface area (Å²) >= 11 is 0. The van der Waals surface area contributed by atoms with E-state index in [0.29, 0.717) is 54.4 Å². The number of anilines is 1. The number of benzene rings is 2. The van der Waals surface area contributed by atoms with Gasteiger partial charge in [-0.1, -0.05) is 11.3 Å². The van der Waals surface area contributed by atoms with Crippen molar-refractivity contribution in [1.82, 2.24) is 19.9 Å². The Morgan fingerprint density at radius 2 is 1.90 bits per heavy atom. The molecule has 9 nitrogen and oxygen atoms in total. The van der Waals surface area contributed by atoms with E-state index < -0.39 is 0 Å². The Bertz CT molecular complexity index is 1070. The van der Waals surface area contributed by atoms with Gasteiger partial charge in [0, 0.05) is 29.9 Å². The largest absolute Gasteiger partial charge is 0.398 e. The molecule has 0 atom stereocenters. The number of nitrogens with two attached hydrogens (primary N) is 1. The van der Waals surface area contributed by atoms with E-state index in [0.717, 1.165) is 5.69 Å². The Hall–Kier alpha value is -3.56. The van der Waals surface area contributed by atoms with Crippen molar-refractivity contribution in [2.45, 2.75) is 6.61 Å². The summed E-state index contributed by atoms with van der Waals surface area (Å²) in [6, 6.07) is 12.1. The first-order chi connectivity index (χ1) is 14.6. The maximum atomic E-state index is 12.6. The number of nitrogen functional groups attached to an aromatic ring is 1. The fourth-order valence-corrected chi connectivity index (χ4v) is 3.27. The van der Waals surface area contributed by atoms with E-state index in [2.05, 4.69) is 10.3 Å². The minimum Gasteiger partial charge on any atom is -0.398 e. The first-order valence-electron chi connectivity index (χ1n) is 9.55. The number of aliphatic hydroxyl groups excluding tert-OH is 1. The fourth-order valence-electron chi connectivity index (χ4n) is 3.27. The number of aliphatic hydroxyl groups is 1. The van der Waals surface area contributed by atoms with Gasteiger partial charge in [-0.3, -0.25) is 10.2 Å². The average Bonchev–Trinajstić information content (AvgIpc) is 3.29. The van der Waals surface area contributed by atoms with Gasteiger partial charge in [0.1, 0.15) is 5.69 Å². The van der Waals surface area contributed by atoms with Crippen LogP contribution in [0, 0.1) is 5.41 Å². The number of carbonyl (C=O) groups is 1. The van der Waals surface area contributed by atoms with Gasteiger partial charge in [0.15, 0.2) is 0 Å². The summed E-state index contributed by atoms with van der Waals surface area (Å²) < 4.78 is 6.83. The summed E-state index contributed by atoms with van der Waals surface area (Å²) in [6.45, 7) is 2.17. The molecule has 0 saturated carbocycles. The predicted molar refractivity (Wildman–Crippen MR) is 111 cm³/mol. The van der Waals surface area contributed by atoms with Crippen LogP contribution in [0.4, 0.5) is 5.69 Å². The number of hydrogen-bond donors (Lipinski definition) is 3. The summed E-state index contributed by atoms with van der Waals surface area (Å²) in [5.74, 6) is -0.0230. The van der Waals surface area contributed by atoms with Gasteiger partial charge in [0.25, 0.3) is 5.91 Å². The molecule has 9 heteroatoms. The van der Waals surface area contributed by atoms with Gasteiger partial charge < -0.3 is 20.5 Å². The van der Waals surface area contributed by atoms with Crippen LogP contribution in [0.25, 0.3) is 5.69 Å². The zero-order chi connectivity index (χ0) is 21.1. The van der Waals surface area contributed by atoms with E-state index in [1.807, 2.05) is 0 Å². The number of morpholine rings is 1. The predicted octanol–water partition coefficient (Wildman–Crippen LogP) is 1.23. The second kappa shape index (κ2) is 8.44. The normalized spacial score (nSPS) is 14.0. The number of amides is 1. The van der Waals surface area contributed by atoms with Crippen LogP contribution in [0.3, 0.4) is 0 Å². The van der Waals surface area contributed by atoms with Crippen LogP contribution in [0.15, 0.2) is 48.7 Å². The molecule has 0 bridgehead atoms. The van der Waals surface area contributed by atoms with E-state index in [4.69, 9.17) is 15.9 Å². The van der Waals surface area contributed by atoms with Gasteiger partial charge in [0.05, 0.1) is 37.4 Å². The average molecular weight is 406 g/mol. The molecule has 3 aromatic rings. The summed E-state index contributed by atoms with van der Waals surface area (Å²) in [7, 11) is 0. The minimum absolute atomic E-state index is 0.0230. The van der Waals surface area contributed by atoms with E-state index in [1.165, 1.54) is 0 Å². The molecule has 4 rings (SSSR count). The summed E-state index contributed by atoms with van der Waals surface area (Å²) in [4.78, 5) is 14.3. The molecule has 2 aromatic carbocycles. The highest BCUT2D eigenvalue weighted by atomic mass is 16.5. The van der Waals surface area contributed by atoms with E-state index in [-0.39, 0.29) is 18.2 Å². The number of rotatable bonds is 5. The Morgan fingerprint density at radius 1 is 1.17 bits per heavy atom. The van der Waals surface area contributed by atoms with Crippen LogP contribution in [-0.4, -0.2) is 62.9 Å². The quantitative estimate of drug-likeness (QED) is 0.432. The molecular weight excluding hydrogens is 384 g/mol. The van der Waals surface area contributed by atoms with Crippen LogP contribution in [0.2, 0.25) is 0 Å². The van der Waals surface area contributed by atoms with Crippen molar-refractivity contribution in [3.63, 3.8) is 0 Å². The maximum absolute atomic E-state index is 12.6. The lowest BCUT2D eigenvalue weighted by atomic mass is 10.0. The van der Waals surface area contributed by atoms with Crippen molar-refractivity contribution >= 4 is 17.3 Å². The molecule has 1 aliphatic heterocycles. The van der Waals surface area contributed by atoms with Crippen molar-refractivity contribution in [3.05, 3.63) is 71.0 Å². The first-order valence-corrected chi connectivity index (χ1v) is 9.55. The van der Waals surface area contributed by atoms with Crippen LogP contribution < -0.4 is 5.73 Å². The monoisotopic (exact) mass is 406 g/mol. The molecule has 1 fully saturated rings. The van der Waals surface area contributed by atoms with Crippen LogP contribution >= 0.6 is 0 Å². The summed E-state index contributed by atoms with van der Waals surface area (Å²) in [6.07, 6.45) is 1.63. The smallest absolute Gasteiger partial charge is 0.254 e. The zero-order valence-corrected chi connectivity index (χ0v) is 16.3. The molecule has 1 aromatic heterocycles. The van der Waals surface area contributed by atoms with Crippen molar-refractivity contribution in [2.24, 2.45) is 0 Å². The molecule has 1 amide bonds. The van der Waals surface area contributed by atoms with Gasteiger partial charge in [-0.2, -0.15) is 0 Å². The lowest BCUT2D eigenvalue weighted by Crippen LogP contribution is -2.40. The lowest BCUT2D eigenvalue weighted by molar-refractivity contribution is 0.0303. The second-order valence-electron chi connectivity index (χ2n) is 6.95. The van der Waals surface area contributed by atoms with Gasteiger partial charge in [-0.05, 0) is 42.0 Å². The van der Waals surface area contributed by atoms with Crippen molar-refractivity contribution < 1.29 is 14.6 Å². The molecule has 0 spiro atoms. The van der Waals surface area contributed by atoms with E-state index in [1.54, 1.807) is 58.2 Å². The summed E-state index contributed by atoms with van der Waals surface area (Å²) in [5, 5.41) is 25.9. The molecule has 4 N–H and O–H groups in total. The van der Waals surface area contributed by atoms with E-state index in [9.17, 15) is 9.90 Å². The molecule has 1 aliphatic rings. The second-order valence-corrected chi connectivity index (χ2v) is 6.95. The first kappa shape index (κ1) is 19.7. The number of ether oxygens (including phenoxy) is 1. The molecule has 0 radical (unpaired) electrons. The molecule has 30 heavy (non-hydrogen) atoms. The summed E-state index contributed by atoms with van der Waals surface area (Å²) in [5.41, 5.74) is 9.35. The molecule has 0 unspecified atom stereocenters. The third-order valence-corrected chi connectivity index (χ3v) is 5.00. The molecule has 1 saturated heterocycles. The zero-order valence-electron chi connectivity index (χ0n) is 16.3. The van der Waals surface area contributed by atoms with Crippen molar-refractivity contribution in [2.75, 3.05) is 32.0 Å². The minimum atomic E-state index is -0.136. The SMILES string of the molecule is N=C(c1cn(-c2ccc(C(=O)N3CCOCC3)cc2)nn1)c1cc(CO)ccc1N. The van der Waals surface area contributed by atoms with Crippen LogP contribution in [-0.2, 0) is 11.3 Å². The third kappa shape index (κ3) is 3.93. The topological polar surface area (TPSA) is 130 Å². The van der Waals surface area contributed by atoms with Gasteiger partial charge >= 0.3 is 0 Å². The third-order valence-electron chi connectivity index (χ3n) is 5.00. The Balaban J connectivity index is 1.52. The standard InChI is InChI=1S/C21H22N6O3/c22-18-6-1-14(13-28)11-17(18)20(23)19-12-27(25-24-19)16-4-2-15(3-5-16)21(29)26-7-9-30-10-8-26/h1-6,11-12,23,28H,7-10,13,22H2. The number of nitrogens with zero attached hydrogens (tertiary/aromatic N) is 4. The highest BCUT2D eigenvalue weighted by Crippen LogP contribution is 2.19. The number of nitrogens with one attached hydrogen (secondary N) is 1. The van der Waals surface area contributed by atoms with Gasteiger partial charge in [-0.25, -0.2) is 4.68 Å². The molecule has 2 heterocycles. The number of carbonyl (C=O) groups excluding carboxylic acids is 1. The van der Waals surface area contributed by atoms with Crippen LogP contribution in [0.5, 0.6) is 0 Å².